The van der Waals surface area contributed by atoms with Gasteiger partial charge in [0, 0.05) is 20.9 Å². The summed E-state index contributed by atoms with van der Waals surface area (Å²) in [6.07, 6.45) is 0. The normalized spacial score (nSPS) is 10.8. The Bertz CT molecular complexity index is 1310. The molecule has 2 N–H and O–H groups in total. The molecule has 2 heterocycles. The Labute approximate surface area is 235 Å². The number of benzene rings is 2. The van der Waals surface area contributed by atoms with Crippen LogP contribution in [0.3, 0.4) is 0 Å². The number of carbonyl (C=O) groups is 2. The molecule has 0 fully saturated rings. The van der Waals surface area contributed by atoms with Gasteiger partial charge in [-0.15, -0.1) is 22.7 Å². The van der Waals surface area contributed by atoms with Crippen LogP contribution in [0.25, 0.3) is 22.5 Å². The van der Waals surface area contributed by atoms with E-state index in [-0.39, 0.29) is 13.2 Å². The van der Waals surface area contributed by atoms with E-state index in [0.717, 1.165) is 43.8 Å². The highest BCUT2D eigenvalue weighted by atomic mass is 32.1. The Balaban J connectivity index is 1.25. The summed E-state index contributed by atoms with van der Waals surface area (Å²) in [5.41, 5.74) is 3.46. The molecule has 0 radical (unpaired) electrons. The third-order valence-electron chi connectivity index (χ3n) is 5.43. The van der Waals surface area contributed by atoms with Crippen LogP contribution in [-0.2, 0) is 14.3 Å². The first-order valence-corrected chi connectivity index (χ1v) is 14.1. The number of hydrogen-bond acceptors (Lipinski definition) is 9. The molecule has 0 atom stereocenters. The van der Waals surface area contributed by atoms with E-state index >= 15 is 0 Å². The Kier molecular flexibility index (Phi) is 9.64. The smallest absolute Gasteiger partial charge is 0.252 e. The maximum absolute atomic E-state index is 12.4. The SMILES string of the molecule is CCOc1ccc(-c2nc(NC(=O)COCC(=O)Nc3nc(-c4ccc(OCC)cc4)c(C)s3)sc2C)cc1. The average molecular weight is 567 g/mol. The van der Waals surface area contributed by atoms with Crippen molar-refractivity contribution in [3.05, 3.63) is 58.3 Å². The molecule has 39 heavy (non-hydrogen) atoms. The maximum Gasteiger partial charge on any atom is 0.252 e. The van der Waals surface area contributed by atoms with Gasteiger partial charge in [-0.25, -0.2) is 9.97 Å². The van der Waals surface area contributed by atoms with Crippen LogP contribution in [0.5, 0.6) is 11.5 Å². The molecule has 0 aliphatic rings. The van der Waals surface area contributed by atoms with E-state index in [1.807, 2.05) is 76.2 Å². The predicted molar refractivity (Wildman–Crippen MR) is 155 cm³/mol. The van der Waals surface area contributed by atoms with E-state index in [2.05, 4.69) is 20.6 Å². The van der Waals surface area contributed by atoms with Crippen LogP contribution < -0.4 is 20.1 Å². The second kappa shape index (κ2) is 13.3. The number of aromatic nitrogens is 2. The standard InChI is InChI=1S/C28H30N4O5S2/c1-5-36-21-11-7-19(8-12-21)25-17(3)38-27(31-25)29-23(33)15-35-16-24(34)30-28-32-26(18(4)39-28)20-9-13-22(14-10-20)37-6-2/h7-14H,5-6,15-16H2,1-4H3,(H,29,31,33)(H,30,32,34). The van der Waals surface area contributed by atoms with Gasteiger partial charge in [-0.1, -0.05) is 0 Å². The van der Waals surface area contributed by atoms with Crippen molar-refractivity contribution in [2.75, 3.05) is 37.1 Å². The lowest BCUT2D eigenvalue weighted by atomic mass is 10.1. The summed E-state index contributed by atoms with van der Waals surface area (Å²) in [5, 5.41) is 6.41. The van der Waals surface area contributed by atoms with Gasteiger partial charge in [0.2, 0.25) is 0 Å². The number of hydrogen-bond donors (Lipinski definition) is 2. The van der Waals surface area contributed by atoms with Crippen LogP contribution in [-0.4, -0.2) is 48.2 Å². The number of nitrogens with one attached hydrogen (secondary N) is 2. The minimum atomic E-state index is -0.391. The summed E-state index contributed by atoms with van der Waals surface area (Å²) in [6.45, 7) is 8.41. The van der Waals surface area contributed by atoms with E-state index < -0.39 is 11.8 Å². The molecule has 11 heteroatoms. The van der Waals surface area contributed by atoms with Crippen molar-refractivity contribution in [2.24, 2.45) is 0 Å². The molecule has 2 aromatic carbocycles. The van der Waals surface area contributed by atoms with Crippen molar-refractivity contribution >= 4 is 44.8 Å². The monoisotopic (exact) mass is 566 g/mol. The van der Waals surface area contributed by atoms with Crippen molar-refractivity contribution in [3.63, 3.8) is 0 Å². The van der Waals surface area contributed by atoms with Crippen LogP contribution in [0.1, 0.15) is 23.6 Å². The fourth-order valence-corrected chi connectivity index (χ4v) is 5.44. The first-order chi connectivity index (χ1) is 18.9. The van der Waals surface area contributed by atoms with Crippen molar-refractivity contribution in [1.82, 2.24) is 9.97 Å². The van der Waals surface area contributed by atoms with Crippen LogP contribution in [0.2, 0.25) is 0 Å². The number of amides is 2. The number of anilines is 2. The lowest BCUT2D eigenvalue weighted by Crippen LogP contribution is -2.23. The number of ether oxygens (including phenoxy) is 3. The van der Waals surface area contributed by atoms with Gasteiger partial charge in [-0.05, 0) is 76.2 Å². The molecule has 0 spiro atoms. The third-order valence-corrected chi connectivity index (χ3v) is 7.20. The van der Waals surface area contributed by atoms with E-state index in [4.69, 9.17) is 14.2 Å². The first-order valence-electron chi connectivity index (χ1n) is 12.4. The van der Waals surface area contributed by atoms with E-state index in [9.17, 15) is 9.59 Å². The van der Waals surface area contributed by atoms with Gasteiger partial charge < -0.3 is 14.2 Å². The number of thiazole rings is 2. The fraction of sp³-hybridized carbons (Fsp3) is 0.286. The number of aryl methyl sites for hydroxylation is 2. The third kappa shape index (κ3) is 7.62. The summed E-state index contributed by atoms with van der Waals surface area (Å²) in [5.74, 6) is 0.805. The fourth-order valence-electron chi connectivity index (χ4n) is 3.73. The average Bonchev–Trinajstić information content (AvgIpc) is 3.46. The lowest BCUT2D eigenvalue weighted by molar-refractivity contribution is -0.125. The second-order valence-corrected chi connectivity index (χ2v) is 10.8. The molecule has 2 amide bonds. The lowest BCUT2D eigenvalue weighted by Gasteiger charge is -2.05. The Morgan fingerprint density at radius 3 is 1.44 bits per heavy atom. The minimum absolute atomic E-state index is 0.279. The number of nitrogens with zero attached hydrogens (tertiary/aromatic N) is 2. The minimum Gasteiger partial charge on any atom is -0.494 e. The van der Waals surface area contributed by atoms with Crippen LogP contribution >= 0.6 is 22.7 Å². The van der Waals surface area contributed by atoms with Crippen LogP contribution in [0.4, 0.5) is 10.3 Å². The van der Waals surface area contributed by atoms with Gasteiger partial charge in [0.25, 0.3) is 11.8 Å². The molecule has 0 bridgehead atoms. The molecule has 0 aliphatic carbocycles. The van der Waals surface area contributed by atoms with Gasteiger partial charge >= 0.3 is 0 Å². The first kappa shape index (κ1) is 28.2. The summed E-state index contributed by atoms with van der Waals surface area (Å²) >= 11 is 2.75. The number of rotatable bonds is 12. The Morgan fingerprint density at radius 1 is 0.692 bits per heavy atom. The van der Waals surface area contributed by atoms with E-state index in [0.29, 0.717) is 23.5 Å². The second-order valence-electron chi connectivity index (χ2n) is 8.35. The van der Waals surface area contributed by atoms with Crippen molar-refractivity contribution < 1.29 is 23.8 Å². The predicted octanol–water partition coefficient (Wildman–Crippen LogP) is 5.94. The maximum atomic E-state index is 12.4. The zero-order chi connectivity index (χ0) is 27.8. The van der Waals surface area contributed by atoms with E-state index in [1.165, 1.54) is 22.7 Å². The zero-order valence-electron chi connectivity index (χ0n) is 22.2. The highest BCUT2D eigenvalue weighted by Crippen LogP contribution is 2.32. The van der Waals surface area contributed by atoms with Gasteiger partial charge in [0.05, 0.1) is 24.6 Å². The summed E-state index contributed by atoms with van der Waals surface area (Å²) < 4.78 is 16.3. The zero-order valence-corrected chi connectivity index (χ0v) is 23.8. The highest BCUT2D eigenvalue weighted by Gasteiger charge is 2.15. The molecular formula is C28H30N4O5S2. The summed E-state index contributed by atoms with van der Waals surface area (Å²) in [7, 11) is 0. The molecule has 9 nitrogen and oxygen atoms in total. The van der Waals surface area contributed by atoms with Gasteiger partial charge in [0.15, 0.2) is 10.3 Å². The molecule has 0 saturated heterocycles. The molecule has 4 rings (SSSR count). The van der Waals surface area contributed by atoms with Gasteiger partial charge in [-0.2, -0.15) is 0 Å². The van der Waals surface area contributed by atoms with Crippen molar-refractivity contribution in [2.45, 2.75) is 27.7 Å². The van der Waals surface area contributed by atoms with Gasteiger partial charge in [0.1, 0.15) is 24.7 Å². The Hall–Kier alpha value is -3.80. The highest BCUT2D eigenvalue weighted by molar-refractivity contribution is 7.16. The molecule has 0 aliphatic heterocycles. The molecule has 204 valence electrons. The number of carbonyl (C=O) groups excluding carboxylic acids is 2. The quantitative estimate of drug-likeness (QED) is 0.218. The molecule has 0 saturated carbocycles. The Morgan fingerprint density at radius 2 is 1.08 bits per heavy atom. The van der Waals surface area contributed by atoms with Crippen LogP contribution in [0.15, 0.2) is 48.5 Å². The summed E-state index contributed by atoms with van der Waals surface area (Å²) in [6, 6.07) is 15.3. The molecular weight excluding hydrogens is 536 g/mol. The van der Waals surface area contributed by atoms with Crippen molar-refractivity contribution in [1.29, 1.82) is 0 Å². The van der Waals surface area contributed by atoms with Gasteiger partial charge in [-0.3, -0.25) is 20.2 Å². The molecule has 0 unspecified atom stereocenters. The van der Waals surface area contributed by atoms with Crippen LogP contribution in [0, 0.1) is 13.8 Å². The molecule has 2 aromatic heterocycles. The van der Waals surface area contributed by atoms with Crippen molar-refractivity contribution in [3.8, 4) is 34.0 Å². The van der Waals surface area contributed by atoms with E-state index in [1.54, 1.807) is 0 Å². The largest absolute Gasteiger partial charge is 0.494 e. The topological polar surface area (TPSA) is 112 Å². The molecule has 4 aromatic rings. The summed E-state index contributed by atoms with van der Waals surface area (Å²) in [4.78, 5) is 35.7.